The zero-order valence-electron chi connectivity index (χ0n) is 20.0. The number of allylic oxidation sites excluding steroid dienone is 3. The first-order valence-corrected chi connectivity index (χ1v) is 12.6. The van der Waals surface area contributed by atoms with E-state index in [1.54, 1.807) is 54.7 Å². The number of amides is 1. The maximum Gasteiger partial charge on any atom is 0.255 e. The fourth-order valence-electron chi connectivity index (χ4n) is 4.67. The van der Waals surface area contributed by atoms with Crippen molar-refractivity contribution in [3.05, 3.63) is 99.3 Å². The number of ether oxygens (including phenoxy) is 1. The fourth-order valence-corrected chi connectivity index (χ4v) is 4.91. The summed E-state index contributed by atoms with van der Waals surface area (Å²) >= 11 is 3.35. The van der Waals surface area contributed by atoms with Crippen LogP contribution in [0, 0.1) is 17.2 Å². The number of fused-ring (bicyclic) bond motifs is 1. The number of ketones is 1. The van der Waals surface area contributed by atoms with Gasteiger partial charge in [-0.1, -0.05) is 6.08 Å². The van der Waals surface area contributed by atoms with Crippen LogP contribution in [0.1, 0.15) is 42.8 Å². The summed E-state index contributed by atoms with van der Waals surface area (Å²) in [5, 5.41) is 15.1. The standard InChI is InChI=1S/C28H23BrN4O4/c1-16-25(28(35)33-24-12-7-18(29)14-31-24)27(26-21(32-16)3-2-4-22(26)34)23-11-10-20(37-23)15-36-19-8-5-17(13-30)6-9-19/h3,5-12,14,26-27,32H,2,4,15H2,1H3,(H,31,33,35). The summed E-state index contributed by atoms with van der Waals surface area (Å²) in [6.45, 7) is 1.98. The van der Waals surface area contributed by atoms with Gasteiger partial charge in [0.05, 0.1) is 23.5 Å². The fraction of sp³-hybridized carbons (Fsp3) is 0.214. The van der Waals surface area contributed by atoms with Crippen molar-refractivity contribution in [3.63, 3.8) is 0 Å². The summed E-state index contributed by atoms with van der Waals surface area (Å²) in [6.07, 6.45) is 4.69. The number of carbonyl (C=O) groups is 2. The second kappa shape index (κ2) is 10.4. The Morgan fingerprint density at radius 2 is 2.03 bits per heavy atom. The molecule has 2 N–H and O–H groups in total. The first-order valence-electron chi connectivity index (χ1n) is 11.8. The van der Waals surface area contributed by atoms with E-state index in [-0.39, 0.29) is 18.3 Å². The highest BCUT2D eigenvalue weighted by atomic mass is 79.9. The number of anilines is 1. The summed E-state index contributed by atoms with van der Waals surface area (Å²) in [6, 6.07) is 16.0. The SMILES string of the molecule is CC1=C(C(=O)Nc2ccc(Br)cn2)C(c2ccc(COc3ccc(C#N)cc3)o2)C2C(=O)CCC=C2N1. The molecule has 0 spiro atoms. The lowest BCUT2D eigenvalue weighted by Gasteiger charge is -2.37. The highest BCUT2D eigenvalue weighted by molar-refractivity contribution is 9.10. The molecule has 0 bridgehead atoms. The number of halogens is 1. The third-order valence-corrected chi connectivity index (χ3v) is 6.85. The van der Waals surface area contributed by atoms with E-state index in [4.69, 9.17) is 14.4 Å². The zero-order chi connectivity index (χ0) is 25.9. The van der Waals surface area contributed by atoms with Crippen molar-refractivity contribution in [1.29, 1.82) is 5.26 Å². The van der Waals surface area contributed by atoms with Crippen LogP contribution >= 0.6 is 15.9 Å². The number of hydrogen-bond donors (Lipinski definition) is 2. The molecule has 0 fully saturated rings. The number of nitrogens with zero attached hydrogens (tertiary/aromatic N) is 2. The minimum Gasteiger partial charge on any atom is -0.486 e. The number of hydrogen-bond acceptors (Lipinski definition) is 7. The van der Waals surface area contributed by atoms with Crippen LogP contribution in [0.15, 0.2) is 86.7 Å². The Kier molecular flexibility index (Phi) is 6.93. The molecule has 1 aromatic carbocycles. The lowest BCUT2D eigenvalue weighted by molar-refractivity contribution is -0.123. The molecule has 1 amide bonds. The normalized spacial score (nSPS) is 18.8. The van der Waals surface area contributed by atoms with Crippen molar-refractivity contribution in [2.24, 2.45) is 5.92 Å². The van der Waals surface area contributed by atoms with Crippen molar-refractivity contribution in [2.45, 2.75) is 32.3 Å². The maximum absolute atomic E-state index is 13.5. The number of benzene rings is 1. The van der Waals surface area contributed by atoms with Gasteiger partial charge in [-0.3, -0.25) is 9.59 Å². The Hall–Kier alpha value is -4.16. The topological polar surface area (TPSA) is 117 Å². The van der Waals surface area contributed by atoms with Crippen LogP contribution in [0.5, 0.6) is 5.75 Å². The van der Waals surface area contributed by atoms with Crippen molar-refractivity contribution < 1.29 is 18.7 Å². The van der Waals surface area contributed by atoms with Crippen molar-refractivity contribution in [1.82, 2.24) is 10.3 Å². The Balaban J connectivity index is 1.44. The molecule has 2 aromatic heterocycles. The summed E-state index contributed by atoms with van der Waals surface area (Å²) in [7, 11) is 0. The molecule has 37 heavy (non-hydrogen) atoms. The smallest absolute Gasteiger partial charge is 0.255 e. The highest BCUT2D eigenvalue weighted by Crippen LogP contribution is 2.44. The molecule has 0 saturated carbocycles. The summed E-state index contributed by atoms with van der Waals surface area (Å²) < 4.78 is 12.8. The minimum absolute atomic E-state index is 0.0568. The molecule has 1 aliphatic heterocycles. The van der Waals surface area contributed by atoms with Gasteiger partial charge in [0, 0.05) is 34.1 Å². The molecule has 9 heteroatoms. The molecule has 3 heterocycles. The van der Waals surface area contributed by atoms with Gasteiger partial charge < -0.3 is 19.8 Å². The Labute approximate surface area is 222 Å². The van der Waals surface area contributed by atoms with Crippen LogP contribution in [0.4, 0.5) is 5.82 Å². The van der Waals surface area contributed by atoms with Crippen molar-refractivity contribution in [3.8, 4) is 11.8 Å². The van der Waals surface area contributed by atoms with E-state index in [2.05, 4.69) is 37.6 Å². The molecule has 8 nitrogen and oxygen atoms in total. The Morgan fingerprint density at radius 3 is 2.76 bits per heavy atom. The summed E-state index contributed by atoms with van der Waals surface area (Å²) in [5.41, 5.74) is 2.43. The third kappa shape index (κ3) is 5.20. The van der Waals surface area contributed by atoms with Crippen molar-refractivity contribution in [2.75, 3.05) is 5.32 Å². The highest BCUT2D eigenvalue weighted by Gasteiger charge is 2.44. The monoisotopic (exact) mass is 558 g/mol. The zero-order valence-corrected chi connectivity index (χ0v) is 21.5. The van der Waals surface area contributed by atoms with Gasteiger partial charge >= 0.3 is 0 Å². The number of rotatable bonds is 6. The molecule has 0 radical (unpaired) electrons. The number of furan rings is 1. The molecule has 3 aromatic rings. The summed E-state index contributed by atoms with van der Waals surface area (Å²) in [4.78, 5) is 30.9. The number of nitriles is 1. The summed E-state index contributed by atoms with van der Waals surface area (Å²) in [5.74, 6) is 0.631. The van der Waals surface area contributed by atoms with E-state index in [1.165, 1.54) is 0 Å². The van der Waals surface area contributed by atoms with E-state index >= 15 is 0 Å². The van der Waals surface area contributed by atoms with Crippen LogP contribution in [0.3, 0.4) is 0 Å². The lowest BCUT2D eigenvalue weighted by atomic mass is 9.72. The predicted octanol–water partition coefficient (Wildman–Crippen LogP) is 5.35. The Morgan fingerprint density at radius 1 is 1.22 bits per heavy atom. The molecule has 0 saturated heterocycles. The molecule has 1 aliphatic carbocycles. The second-order valence-electron chi connectivity index (χ2n) is 8.83. The van der Waals surface area contributed by atoms with E-state index in [0.29, 0.717) is 52.8 Å². The first-order chi connectivity index (χ1) is 17.9. The van der Waals surface area contributed by atoms with E-state index in [1.807, 2.05) is 13.0 Å². The quantitative estimate of drug-likeness (QED) is 0.418. The van der Waals surface area contributed by atoms with Gasteiger partial charge in [0.15, 0.2) is 0 Å². The average Bonchev–Trinajstić information content (AvgIpc) is 3.37. The number of Topliss-reactive ketones (excluding diaryl/α,β-unsaturated/α-hetero) is 1. The first kappa shape index (κ1) is 24.5. The third-order valence-electron chi connectivity index (χ3n) is 6.38. The molecule has 2 aliphatic rings. The van der Waals surface area contributed by atoms with Gasteiger partial charge in [0.25, 0.3) is 5.91 Å². The number of carbonyl (C=O) groups excluding carboxylic acids is 2. The van der Waals surface area contributed by atoms with Gasteiger partial charge in [0.2, 0.25) is 0 Å². The number of nitrogens with one attached hydrogen (secondary N) is 2. The maximum atomic E-state index is 13.5. The van der Waals surface area contributed by atoms with Crippen LogP contribution in [0.2, 0.25) is 0 Å². The van der Waals surface area contributed by atoms with Crippen LogP contribution in [-0.4, -0.2) is 16.7 Å². The average molecular weight is 559 g/mol. The van der Waals surface area contributed by atoms with E-state index in [9.17, 15) is 9.59 Å². The van der Waals surface area contributed by atoms with Gasteiger partial charge in [-0.2, -0.15) is 5.26 Å². The largest absolute Gasteiger partial charge is 0.486 e. The Bertz CT molecular complexity index is 1450. The van der Waals surface area contributed by atoms with Crippen LogP contribution < -0.4 is 15.4 Å². The van der Waals surface area contributed by atoms with E-state index < -0.39 is 11.8 Å². The molecular formula is C28H23BrN4O4. The molecular weight excluding hydrogens is 536 g/mol. The molecule has 186 valence electrons. The number of aromatic nitrogens is 1. The van der Waals surface area contributed by atoms with Crippen molar-refractivity contribution >= 4 is 33.4 Å². The molecule has 2 atom stereocenters. The minimum atomic E-state index is -0.598. The van der Waals surface area contributed by atoms with Gasteiger partial charge in [-0.15, -0.1) is 0 Å². The van der Waals surface area contributed by atoms with E-state index in [0.717, 1.165) is 10.2 Å². The molecule has 5 rings (SSSR count). The second-order valence-corrected chi connectivity index (χ2v) is 9.74. The number of pyridine rings is 1. The predicted molar refractivity (Wildman–Crippen MR) is 139 cm³/mol. The molecule has 2 unspecified atom stereocenters. The van der Waals surface area contributed by atoms with Crippen LogP contribution in [0.25, 0.3) is 0 Å². The van der Waals surface area contributed by atoms with Gasteiger partial charge in [0.1, 0.15) is 35.5 Å². The van der Waals surface area contributed by atoms with Gasteiger partial charge in [-0.25, -0.2) is 4.98 Å². The van der Waals surface area contributed by atoms with Crippen LogP contribution in [-0.2, 0) is 16.2 Å². The lowest BCUT2D eigenvalue weighted by Crippen LogP contribution is -2.41. The van der Waals surface area contributed by atoms with Gasteiger partial charge in [-0.05, 0) is 77.8 Å².